The molecule has 0 aliphatic carbocycles. The van der Waals surface area contributed by atoms with Gasteiger partial charge in [0.05, 0.1) is 6.54 Å². The molecule has 100 valence electrons. The maximum atomic E-state index is 12.0. The van der Waals surface area contributed by atoms with Gasteiger partial charge in [-0.05, 0) is 5.56 Å². The number of carbonyl (C=O) groups is 1. The van der Waals surface area contributed by atoms with Crippen molar-refractivity contribution in [1.82, 2.24) is 20.5 Å². The molecule has 2 rings (SSSR count). The van der Waals surface area contributed by atoms with Crippen molar-refractivity contribution in [3.63, 3.8) is 0 Å². The molecule has 0 unspecified atom stereocenters. The first-order valence-electron chi connectivity index (χ1n) is 5.69. The molecular weight excluding hydrogens is 248 g/mol. The van der Waals surface area contributed by atoms with Crippen LogP contribution in [0.3, 0.4) is 0 Å². The number of hydrogen-bond donors (Lipinski definition) is 3. The van der Waals surface area contributed by atoms with E-state index in [0.29, 0.717) is 5.82 Å². The Bertz CT molecular complexity index is 590. The van der Waals surface area contributed by atoms with Gasteiger partial charge in [-0.3, -0.25) is 9.78 Å². The summed E-state index contributed by atoms with van der Waals surface area (Å²) >= 11 is 0. The van der Waals surface area contributed by atoms with Crippen molar-refractivity contribution in [2.24, 2.45) is 0 Å². The van der Waals surface area contributed by atoms with Crippen LogP contribution >= 0.6 is 0 Å². The highest BCUT2D eigenvalue weighted by Crippen LogP contribution is 2.16. The molecule has 0 saturated heterocycles. The van der Waals surface area contributed by atoms with Crippen LogP contribution in [0, 0.1) is 0 Å². The average Bonchev–Trinajstić information content (AvgIpc) is 2.84. The zero-order valence-electron chi connectivity index (χ0n) is 10.3. The van der Waals surface area contributed by atoms with Gasteiger partial charge in [-0.25, -0.2) is 9.89 Å². The smallest absolute Gasteiger partial charge is 0.340 e. The topological polar surface area (TPSA) is 99.9 Å². The molecule has 1 amide bonds. The van der Waals surface area contributed by atoms with Gasteiger partial charge in [0.15, 0.2) is 6.10 Å². The molecule has 7 heteroatoms. The number of methoxy groups -OCH3 is 1. The Hall–Kier alpha value is -2.41. The lowest BCUT2D eigenvalue weighted by molar-refractivity contribution is -0.131. The third-order valence-corrected chi connectivity index (χ3v) is 2.56. The van der Waals surface area contributed by atoms with Crippen molar-refractivity contribution in [3.05, 3.63) is 52.2 Å². The first kappa shape index (κ1) is 13.0. The molecule has 2 aromatic rings. The summed E-state index contributed by atoms with van der Waals surface area (Å²) < 4.78 is 5.18. The fourth-order valence-electron chi connectivity index (χ4n) is 1.67. The van der Waals surface area contributed by atoms with Crippen LogP contribution in [0.1, 0.15) is 17.5 Å². The van der Waals surface area contributed by atoms with Crippen molar-refractivity contribution in [3.8, 4) is 0 Å². The van der Waals surface area contributed by atoms with Crippen LogP contribution in [-0.4, -0.2) is 28.2 Å². The molecule has 7 nitrogen and oxygen atoms in total. The molecule has 0 fully saturated rings. The number of nitrogens with one attached hydrogen (secondary N) is 3. The molecule has 1 atom stereocenters. The van der Waals surface area contributed by atoms with Gasteiger partial charge in [-0.15, -0.1) is 0 Å². The summed E-state index contributed by atoms with van der Waals surface area (Å²) in [6.07, 6.45) is -0.688. The van der Waals surface area contributed by atoms with Gasteiger partial charge in [0.1, 0.15) is 5.82 Å². The van der Waals surface area contributed by atoms with Gasteiger partial charge in [0, 0.05) is 7.11 Å². The average molecular weight is 262 g/mol. The lowest BCUT2D eigenvalue weighted by atomic mass is 10.1. The minimum absolute atomic E-state index is 0.129. The third-order valence-electron chi connectivity index (χ3n) is 2.56. The van der Waals surface area contributed by atoms with Crippen LogP contribution in [0.15, 0.2) is 35.1 Å². The summed E-state index contributed by atoms with van der Waals surface area (Å²) in [4.78, 5) is 25.3. The maximum Gasteiger partial charge on any atom is 0.340 e. The largest absolute Gasteiger partial charge is 0.367 e. The third kappa shape index (κ3) is 3.29. The Morgan fingerprint density at radius 3 is 2.74 bits per heavy atom. The molecule has 1 heterocycles. The van der Waals surface area contributed by atoms with Crippen molar-refractivity contribution in [2.75, 3.05) is 7.11 Å². The number of nitrogens with zero attached hydrogens (tertiary/aromatic N) is 1. The number of hydrogen-bond acceptors (Lipinski definition) is 4. The minimum Gasteiger partial charge on any atom is -0.367 e. The van der Waals surface area contributed by atoms with Crippen LogP contribution in [0.5, 0.6) is 0 Å². The fraction of sp³-hybridized carbons (Fsp3) is 0.250. The monoisotopic (exact) mass is 262 g/mol. The van der Waals surface area contributed by atoms with E-state index in [-0.39, 0.29) is 12.5 Å². The second-order valence-corrected chi connectivity index (χ2v) is 3.87. The summed E-state index contributed by atoms with van der Waals surface area (Å²) in [7, 11) is 1.47. The lowest BCUT2D eigenvalue weighted by Crippen LogP contribution is -2.30. The standard InChI is InChI=1S/C12H14N4O3/c1-19-10(8-5-3-2-4-6-8)11(17)13-7-9-14-12(18)16-15-9/h2-6,10H,7H2,1H3,(H,13,17)(H2,14,15,16,18)/t10-/m0/s1. The second-order valence-electron chi connectivity index (χ2n) is 3.87. The first-order chi connectivity index (χ1) is 9.20. The predicted molar refractivity (Wildman–Crippen MR) is 67.2 cm³/mol. The van der Waals surface area contributed by atoms with Gasteiger partial charge < -0.3 is 10.1 Å². The quantitative estimate of drug-likeness (QED) is 0.711. The molecule has 0 bridgehead atoms. The fourth-order valence-corrected chi connectivity index (χ4v) is 1.67. The van der Waals surface area contributed by atoms with Crippen LogP contribution in [0.4, 0.5) is 0 Å². The van der Waals surface area contributed by atoms with E-state index in [4.69, 9.17) is 4.74 Å². The second kappa shape index (κ2) is 5.96. The van der Waals surface area contributed by atoms with E-state index < -0.39 is 11.8 Å². The van der Waals surface area contributed by atoms with Crippen LogP contribution in [-0.2, 0) is 16.1 Å². The zero-order valence-corrected chi connectivity index (χ0v) is 10.3. The Labute approximate surface area is 109 Å². The Balaban J connectivity index is 2.00. The van der Waals surface area contributed by atoms with Crippen molar-refractivity contribution >= 4 is 5.91 Å². The minimum atomic E-state index is -0.688. The number of amides is 1. The van der Waals surface area contributed by atoms with E-state index in [1.807, 2.05) is 30.3 Å². The van der Waals surface area contributed by atoms with Crippen molar-refractivity contribution < 1.29 is 9.53 Å². The number of aromatic amines is 2. The maximum absolute atomic E-state index is 12.0. The number of H-pyrrole nitrogens is 2. The number of ether oxygens (including phenoxy) is 1. The predicted octanol–water partition coefficient (Wildman–Crippen LogP) is 0.102. The van der Waals surface area contributed by atoms with Crippen LogP contribution < -0.4 is 11.0 Å². The molecule has 1 aromatic carbocycles. The molecule has 19 heavy (non-hydrogen) atoms. The van der Waals surface area contributed by atoms with Gasteiger partial charge >= 0.3 is 5.69 Å². The number of benzene rings is 1. The molecular formula is C12H14N4O3. The van der Waals surface area contributed by atoms with Crippen LogP contribution in [0.25, 0.3) is 0 Å². The molecule has 0 aliphatic rings. The van der Waals surface area contributed by atoms with Gasteiger partial charge in [0.2, 0.25) is 0 Å². The van der Waals surface area contributed by atoms with E-state index in [0.717, 1.165) is 5.56 Å². The SMILES string of the molecule is CO[C@H](C(=O)NCc1n[nH]c(=O)[nH]1)c1ccccc1. The van der Waals surface area contributed by atoms with E-state index >= 15 is 0 Å². The summed E-state index contributed by atoms with van der Waals surface area (Å²) in [6.45, 7) is 0.129. The highest BCUT2D eigenvalue weighted by molar-refractivity contribution is 5.82. The normalized spacial score (nSPS) is 12.1. The molecule has 0 saturated carbocycles. The molecule has 1 aromatic heterocycles. The van der Waals surface area contributed by atoms with Crippen LogP contribution in [0.2, 0.25) is 0 Å². The number of rotatable bonds is 5. The van der Waals surface area contributed by atoms with Gasteiger partial charge in [-0.1, -0.05) is 30.3 Å². The molecule has 0 aliphatic heterocycles. The van der Waals surface area contributed by atoms with E-state index in [2.05, 4.69) is 20.5 Å². The summed E-state index contributed by atoms with van der Waals surface area (Å²) in [5.41, 5.74) is 0.355. The molecule has 3 N–H and O–H groups in total. The highest BCUT2D eigenvalue weighted by Gasteiger charge is 2.19. The Morgan fingerprint density at radius 2 is 2.16 bits per heavy atom. The summed E-state index contributed by atoms with van der Waals surface area (Å²) in [5, 5.41) is 8.57. The number of carbonyl (C=O) groups excluding carboxylic acids is 1. The van der Waals surface area contributed by atoms with Gasteiger partial charge in [0.25, 0.3) is 5.91 Å². The Morgan fingerprint density at radius 1 is 1.42 bits per heavy atom. The first-order valence-corrected chi connectivity index (χ1v) is 5.69. The van der Waals surface area contributed by atoms with E-state index in [9.17, 15) is 9.59 Å². The molecule has 0 spiro atoms. The summed E-state index contributed by atoms with van der Waals surface area (Å²) in [5.74, 6) is 0.0683. The van der Waals surface area contributed by atoms with E-state index in [1.54, 1.807) is 0 Å². The summed E-state index contributed by atoms with van der Waals surface area (Å²) in [6, 6.07) is 9.15. The number of aromatic nitrogens is 3. The van der Waals surface area contributed by atoms with E-state index in [1.165, 1.54) is 7.11 Å². The Kier molecular flexibility index (Phi) is 4.09. The van der Waals surface area contributed by atoms with Crippen molar-refractivity contribution in [2.45, 2.75) is 12.6 Å². The van der Waals surface area contributed by atoms with Gasteiger partial charge in [-0.2, -0.15) is 5.10 Å². The zero-order chi connectivity index (χ0) is 13.7. The molecule has 0 radical (unpaired) electrons. The van der Waals surface area contributed by atoms with Crippen molar-refractivity contribution in [1.29, 1.82) is 0 Å². The highest BCUT2D eigenvalue weighted by atomic mass is 16.5. The lowest BCUT2D eigenvalue weighted by Gasteiger charge is -2.14.